The second-order valence-electron chi connectivity index (χ2n) is 7.32. The lowest BCUT2D eigenvalue weighted by molar-refractivity contribution is -0.384. The van der Waals surface area contributed by atoms with Crippen LogP contribution in [0.25, 0.3) is 0 Å². The van der Waals surface area contributed by atoms with E-state index in [4.69, 9.17) is 9.73 Å². The normalized spacial score (nSPS) is 18.1. The zero-order valence-electron chi connectivity index (χ0n) is 14.7. The molecule has 0 aromatic heterocycles. The number of aliphatic imine (C=N–C) groups is 1. The smallest absolute Gasteiger partial charge is 0.269 e. The van der Waals surface area contributed by atoms with Gasteiger partial charge in [0.1, 0.15) is 6.61 Å². The van der Waals surface area contributed by atoms with Gasteiger partial charge in [0.15, 0.2) is 5.90 Å². The summed E-state index contributed by atoms with van der Waals surface area (Å²) in [6.07, 6.45) is 0.709. The van der Waals surface area contributed by atoms with E-state index in [2.05, 4.69) is 19.1 Å². The molecule has 2 aromatic carbocycles. The van der Waals surface area contributed by atoms with Crippen LogP contribution in [0.4, 0.5) is 5.69 Å². The van der Waals surface area contributed by atoms with Gasteiger partial charge in [0.2, 0.25) is 0 Å². The molecule has 1 atom stereocenters. The molecule has 0 bridgehead atoms. The molecule has 130 valence electrons. The summed E-state index contributed by atoms with van der Waals surface area (Å²) in [5, 5.41) is 11.0. The van der Waals surface area contributed by atoms with Gasteiger partial charge in [-0.3, -0.25) is 10.1 Å². The molecule has 1 aliphatic rings. The minimum atomic E-state index is -0.482. The summed E-state index contributed by atoms with van der Waals surface area (Å²) < 4.78 is 5.95. The first kappa shape index (κ1) is 17.1. The summed E-state index contributed by atoms with van der Waals surface area (Å²) in [5.41, 5.74) is 1.47. The van der Waals surface area contributed by atoms with E-state index < -0.39 is 5.41 Å². The van der Waals surface area contributed by atoms with Crippen LogP contribution in [0.3, 0.4) is 0 Å². The van der Waals surface area contributed by atoms with Gasteiger partial charge in [-0.1, -0.05) is 42.5 Å². The molecule has 0 fully saturated rings. The fraction of sp³-hybridized carbons (Fsp3) is 0.350. The highest BCUT2D eigenvalue weighted by Crippen LogP contribution is 2.35. The topological polar surface area (TPSA) is 64.7 Å². The van der Waals surface area contributed by atoms with Crippen molar-refractivity contribution in [3.8, 4) is 0 Å². The van der Waals surface area contributed by atoms with E-state index in [0.29, 0.717) is 18.9 Å². The van der Waals surface area contributed by atoms with Crippen LogP contribution < -0.4 is 0 Å². The Hall–Kier alpha value is -2.69. The molecule has 0 spiro atoms. The lowest BCUT2D eigenvalue weighted by Gasteiger charge is -2.29. The third-order valence-corrected chi connectivity index (χ3v) is 4.55. The number of benzene rings is 2. The van der Waals surface area contributed by atoms with Gasteiger partial charge in [-0.25, -0.2) is 4.99 Å². The molecule has 5 heteroatoms. The zero-order valence-corrected chi connectivity index (χ0v) is 14.7. The van der Waals surface area contributed by atoms with Gasteiger partial charge in [0, 0.05) is 12.1 Å². The van der Waals surface area contributed by atoms with Gasteiger partial charge in [0.25, 0.3) is 5.69 Å². The van der Waals surface area contributed by atoms with Gasteiger partial charge >= 0.3 is 0 Å². The maximum Gasteiger partial charge on any atom is 0.269 e. The zero-order chi connectivity index (χ0) is 18.1. The summed E-state index contributed by atoms with van der Waals surface area (Å²) in [5.74, 6) is 0.690. The average molecular weight is 338 g/mol. The Balaban J connectivity index is 2.04. The Morgan fingerprint density at radius 3 is 2.32 bits per heavy atom. The van der Waals surface area contributed by atoms with Crippen LogP contribution in [0.2, 0.25) is 0 Å². The molecule has 0 N–H and O–H groups in total. The molecule has 5 nitrogen and oxygen atoms in total. The Bertz CT molecular complexity index is 797. The SMILES string of the molecule is CC1(C)COC(C(C)(Cc2ccccc2)c2ccc([N+](=O)[O-])cc2)=N1. The molecule has 3 rings (SSSR count). The molecule has 0 saturated heterocycles. The third kappa shape index (κ3) is 3.55. The first-order valence-corrected chi connectivity index (χ1v) is 8.32. The quantitative estimate of drug-likeness (QED) is 0.603. The van der Waals surface area contributed by atoms with Crippen molar-refractivity contribution >= 4 is 11.6 Å². The van der Waals surface area contributed by atoms with Gasteiger partial charge in [0.05, 0.1) is 15.9 Å². The molecular weight excluding hydrogens is 316 g/mol. The van der Waals surface area contributed by atoms with Crippen molar-refractivity contribution in [1.82, 2.24) is 0 Å². The summed E-state index contributed by atoms with van der Waals surface area (Å²) in [4.78, 5) is 15.4. The molecule has 0 aliphatic carbocycles. The van der Waals surface area contributed by atoms with Crippen LogP contribution in [-0.4, -0.2) is 23.0 Å². The van der Waals surface area contributed by atoms with Crippen molar-refractivity contribution in [2.24, 2.45) is 4.99 Å². The Morgan fingerprint density at radius 1 is 1.16 bits per heavy atom. The predicted molar refractivity (Wildman–Crippen MR) is 98.1 cm³/mol. The monoisotopic (exact) mass is 338 g/mol. The van der Waals surface area contributed by atoms with E-state index in [0.717, 1.165) is 5.56 Å². The molecular formula is C20H22N2O3. The van der Waals surface area contributed by atoms with Gasteiger partial charge in [-0.05, 0) is 38.3 Å². The molecule has 2 aromatic rings. The van der Waals surface area contributed by atoms with Crippen molar-refractivity contribution in [3.63, 3.8) is 0 Å². The second kappa shape index (κ2) is 6.31. The van der Waals surface area contributed by atoms with E-state index >= 15 is 0 Å². The maximum absolute atomic E-state index is 11.0. The van der Waals surface area contributed by atoms with E-state index in [1.807, 2.05) is 32.0 Å². The minimum Gasteiger partial charge on any atom is -0.478 e. The highest BCUT2D eigenvalue weighted by molar-refractivity contribution is 5.89. The van der Waals surface area contributed by atoms with Gasteiger partial charge < -0.3 is 4.74 Å². The highest BCUT2D eigenvalue weighted by Gasteiger charge is 2.40. The Kier molecular flexibility index (Phi) is 4.33. The number of ether oxygens (including phenoxy) is 1. The number of rotatable bonds is 5. The van der Waals surface area contributed by atoms with E-state index in [9.17, 15) is 10.1 Å². The van der Waals surface area contributed by atoms with Gasteiger partial charge in [-0.15, -0.1) is 0 Å². The van der Waals surface area contributed by atoms with Crippen LogP contribution in [0.5, 0.6) is 0 Å². The van der Waals surface area contributed by atoms with Crippen molar-refractivity contribution in [2.45, 2.75) is 38.1 Å². The Morgan fingerprint density at radius 2 is 1.80 bits per heavy atom. The van der Waals surface area contributed by atoms with E-state index in [1.165, 1.54) is 5.56 Å². The van der Waals surface area contributed by atoms with Crippen LogP contribution >= 0.6 is 0 Å². The number of hydrogen-bond donors (Lipinski definition) is 0. The number of nitro benzene ring substituents is 1. The predicted octanol–water partition coefficient (Wildman–Crippen LogP) is 4.30. The van der Waals surface area contributed by atoms with Gasteiger partial charge in [-0.2, -0.15) is 0 Å². The van der Waals surface area contributed by atoms with E-state index in [1.54, 1.807) is 24.3 Å². The van der Waals surface area contributed by atoms with Crippen molar-refractivity contribution < 1.29 is 9.66 Å². The average Bonchev–Trinajstić information content (AvgIpc) is 2.96. The molecule has 1 unspecified atom stereocenters. The fourth-order valence-electron chi connectivity index (χ4n) is 3.12. The lowest BCUT2D eigenvalue weighted by atomic mass is 9.77. The number of non-ortho nitro benzene ring substituents is 1. The highest BCUT2D eigenvalue weighted by atomic mass is 16.6. The van der Waals surface area contributed by atoms with Crippen molar-refractivity contribution in [1.29, 1.82) is 0 Å². The second-order valence-corrected chi connectivity index (χ2v) is 7.32. The lowest BCUT2D eigenvalue weighted by Crippen LogP contribution is -2.35. The van der Waals surface area contributed by atoms with Crippen LogP contribution in [0, 0.1) is 10.1 Å². The summed E-state index contributed by atoms with van der Waals surface area (Å²) in [7, 11) is 0. The minimum absolute atomic E-state index is 0.0837. The van der Waals surface area contributed by atoms with Crippen molar-refractivity contribution in [2.75, 3.05) is 6.61 Å². The van der Waals surface area contributed by atoms with Crippen LogP contribution in [-0.2, 0) is 16.6 Å². The first-order valence-electron chi connectivity index (χ1n) is 8.32. The van der Waals surface area contributed by atoms with Crippen LogP contribution in [0.15, 0.2) is 59.6 Å². The number of nitro groups is 1. The summed E-state index contributed by atoms with van der Waals surface area (Å²) >= 11 is 0. The molecule has 1 heterocycles. The molecule has 0 amide bonds. The van der Waals surface area contributed by atoms with Crippen molar-refractivity contribution in [3.05, 3.63) is 75.8 Å². The fourth-order valence-corrected chi connectivity index (χ4v) is 3.12. The molecule has 25 heavy (non-hydrogen) atoms. The number of hydrogen-bond acceptors (Lipinski definition) is 4. The molecule has 1 aliphatic heterocycles. The standard InChI is InChI=1S/C20H22N2O3/c1-19(2)14-25-18(21-19)20(3,13-15-7-5-4-6-8-15)16-9-11-17(12-10-16)22(23)24/h4-12H,13-14H2,1-3H3. The first-order chi connectivity index (χ1) is 11.8. The third-order valence-electron chi connectivity index (χ3n) is 4.55. The molecule has 0 saturated carbocycles. The summed E-state index contributed by atoms with van der Waals surface area (Å²) in [6.45, 7) is 6.71. The Labute approximate surface area is 147 Å². The maximum atomic E-state index is 11.0. The summed E-state index contributed by atoms with van der Waals surface area (Å²) in [6, 6.07) is 16.8. The van der Waals surface area contributed by atoms with Crippen LogP contribution in [0.1, 0.15) is 31.9 Å². The number of nitrogens with zero attached hydrogens (tertiary/aromatic N) is 2. The largest absolute Gasteiger partial charge is 0.478 e. The molecule has 0 radical (unpaired) electrons. The van der Waals surface area contributed by atoms with E-state index in [-0.39, 0.29) is 16.1 Å².